The Kier molecular flexibility index (Phi) is 9.85. The summed E-state index contributed by atoms with van der Waals surface area (Å²) in [5.41, 5.74) is 2.39. The van der Waals surface area contributed by atoms with E-state index in [9.17, 15) is 4.79 Å². The van der Waals surface area contributed by atoms with Crippen molar-refractivity contribution in [2.75, 3.05) is 32.7 Å². The number of guanidine groups is 1. The number of rotatable bonds is 9. The molecule has 0 bridgehead atoms. The van der Waals surface area contributed by atoms with E-state index in [1.165, 1.54) is 49.9 Å². The molecule has 0 radical (unpaired) electrons. The Labute approximate surface area is 194 Å². The minimum absolute atomic E-state index is 0.270. The van der Waals surface area contributed by atoms with Gasteiger partial charge in [0.15, 0.2) is 5.96 Å². The molecule has 1 atom stereocenters. The largest absolute Gasteiger partial charge is 0.357 e. The van der Waals surface area contributed by atoms with Crippen molar-refractivity contribution in [1.29, 1.82) is 0 Å². The molecule has 1 amide bonds. The van der Waals surface area contributed by atoms with Gasteiger partial charge in [0.1, 0.15) is 0 Å². The third-order valence-corrected chi connectivity index (χ3v) is 6.76. The molecular weight excluding hydrogens is 398 g/mol. The molecule has 0 aliphatic carbocycles. The average Bonchev–Trinajstić information content (AvgIpc) is 3.01. The number of amides is 1. The Morgan fingerprint density at radius 3 is 2.34 bits per heavy atom. The maximum Gasteiger partial charge on any atom is 0.222 e. The molecule has 2 heterocycles. The number of nitrogens with one attached hydrogen (secondary N) is 2. The summed E-state index contributed by atoms with van der Waals surface area (Å²) in [7, 11) is 0. The molecule has 3 rings (SSSR count). The van der Waals surface area contributed by atoms with Gasteiger partial charge in [-0.3, -0.25) is 9.69 Å². The monoisotopic (exact) mass is 441 g/mol. The molecule has 1 unspecified atom stereocenters. The Morgan fingerprint density at radius 2 is 1.72 bits per heavy atom. The summed E-state index contributed by atoms with van der Waals surface area (Å²) in [5.74, 6) is 1.74. The maximum atomic E-state index is 12.1. The molecule has 2 aliphatic heterocycles. The Morgan fingerprint density at radius 1 is 1.00 bits per heavy atom. The normalized spacial score (nSPS) is 19.3. The number of aliphatic imine (C=N–C) groups is 1. The molecule has 0 aromatic heterocycles. The first kappa shape index (κ1) is 24.6. The molecule has 1 aromatic rings. The molecule has 0 saturated carbocycles. The topological polar surface area (TPSA) is 60.0 Å². The van der Waals surface area contributed by atoms with Crippen LogP contribution < -0.4 is 10.6 Å². The summed E-state index contributed by atoms with van der Waals surface area (Å²) >= 11 is 0. The second-order valence-corrected chi connectivity index (χ2v) is 9.53. The second kappa shape index (κ2) is 12.8. The van der Waals surface area contributed by atoms with Crippen LogP contribution in [-0.4, -0.2) is 60.4 Å². The van der Waals surface area contributed by atoms with Gasteiger partial charge in [-0.1, -0.05) is 51.0 Å². The van der Waals surface area contributed by atoms with E-state index in [0.29, 0.717) is 31.5 Å². The number of nitrogens with zero attached hydrogens (tertiary/aromatic N) is 3. The molecule has 32 heavy (non-hydrogen) atoms. The lowest BCUT2D eigenvalue weighted by atomic mass is 10.0. The Bertz CT molecular complexity index is 739. The highest BCUT2D eigenvalue weighted by Crippen LogP contribution is 2.19. The van der Waals surface area contributed by atoms with Gasteiger partial charge < -0.3 is 15.5 Å². The van der Waals surface area contributed by atoms with Crippen molar-refractivity contribution < 1.29 is 4.79 Å². The van der Waals surface area contributed by atoms with E-state index in [-0.39, 0.29) is 5.91 Å². The van der Waals surface area contributed by atoms with E-state index >= 15 is 0 Å². The zero-order chi connectivity index (χ0) is 22.8. The number of hydrogen-bond donors (Lipinski definition) is 2. The molecule has 178 valence electrons. The van der Waals surface area contributed by atoms with Crippen LogP contribution in [-0.2, 0) is 17.9 Å². The average molecular weight is 442 g/mol. The van der Waals surface area contributed by atoms with Crippen LogP contribution in [0.2, 0.25) is 0 Å². The van der Waals surface area contributed by atoms with Gasteiger partial charge in [0.05, 0.1) is 6.54 Å². The number of carbonyl (C=O) groups is 1. The van der Waals surface area contributed by atoms with E-state index in [4.69, 9.17) is 4.99 Å². The zero-order valence-corrected chi connectivity index (χ0v) is 20.4. The quantitative estimate of drug-likeness (QED) is 0.452. The third-order valence-electron chi connectivity index (χ3n) is 6.76. The van der Waals surface area contributed by atoms with Gasteiger partial charge in [0.25, 0.3) is 0 Å². The minimum atomic E-state index is 0.270. The summed E-state index contributed by atoms with van der Waals surface area (Å²) < 4.78 is 0. The first-order chi connectivity index (χ1) is 15.6. The summed E-state index contributed by atoms with van der Waals surface area (Å²) in [5, 5.41) is 7.04. The molecule has 2 fully saturated rings. The van der Waals surface area contributed by atoms with Crippen LogP contribution in [0, 0.1) is 5.92 Å². The lowest BCUT2D eigenvalue weighted by molar-refractivity contribution is -0.128. The van der Waals surface area contributed by atoms with Crippen molar-refractivity contribution in [3.8, 4) is 0 Å². The van der Waals surface area contributed by atoms with Crippen molar-refractivity contribution >= 4 is 11.9 Å². The van der Waals surface area contributed by atoms with Gasteiger partial charge >= 0.3 is 0 Å². The summed E-state index contributed by atoms with van der Waals surface area (Å²) in [6, 6.07) is 8.91. The van der Waals surface area contributed by atoms with Crippen molar-refractivity contribution in [3.05, 3.63) is 35.4 Å². The lowest BCUT2D eigenvalue weighted by Crippen LogP contribution is -2.49. The molecule has 2 aliphatic rings. The van der Waals surface area contributed by atoms with Crippen molar-refractivity contribution in [1.82, 2.24) is 20.4 Å². The highest BCUT2D eigenvalue weighted by atomic mass is 16.2. The second-order valence-electron chi connectivity index (χ2n) is 9.53. The fraction of sp³-hybridized carbons (Fsp3) is 0.692. The van der Waals surface area contributed by atoms with Crippen LogP contribution in [0.3, 0.4) is 0 Å². The van der Waals surface area contributed by atoms with Crippen molar-refractivity contribution in [2.45, 2.75) is 78.4 Å². The van der Waals surface area contributed by atoms with Crippen LogP contribution in [0.5, 0.6) is 0 Å². The highest BCUT2D eigenvalue weighted by Gasteiger charge is 2.23. The number of hydrogen-bond acceptors (Lipinski definition) is 3. The minimum Gasteiger partial charge on any atom is -0.357 e. The molecular formula is C26H43N5O. The molecule has 6 heteroatoms. The first-order valence-corrected chi connectivity index (χ1v) is 12.7. The van der Waals surface area contributed by atoms with E-state index in [1.54, 1.807) is 0 Å². The van der Waals surface area contributed by atoms with Crippen LogP contribution in [0.4, 0.5) is 0 Å². The standard InChI is InChI=1S/C26H43N5O/c1-4-27-26(29-19-24(21(2)3)30-15-9-5-6-10-16-30)28-18-22-12-7-8-13-23(22)20-31-17-11-14-25(31)32/h7-8,12-13,21,24H,4-6,9-11,14-20H2,1-3H3,(H2,27,28,29). The van der Waals surface area contributed by atoms with Gasteiger partial charge in [-0.05, 0) is 56.3 Å². The highest BCUT2D eigenvalue weighted by molar-refractivity contribution is 5.80. The van der Waals surface area contributed by atoms with E-state index in [0.717, 1.165) is 32.0 Å². The predicted molar refractivity (Wildman–Crippen MR) is 133 cm³/mol. The number of benzene rings is 1. The molecule has 6 nitrogen and oxygen atoms in total. The molecule has 2 N–H and O–H groups in total. The van der Waals surface area contributed by atoms with Gasteiger partial charge in [-0.2, -0.15) is 0 Å². The van der Waals surface area contributed by atoms with Crippen molar-refractivity contribution in [2.24, 2.45) is 10.9 Å². The first-order valence-electron chi connectivity index (χ1n) is 12.7. The number of likely N-dealkylation sites (tertiary alicyclic amines) is 2. The van der Waals surface area contributed by atoms with Gasteiger partial charge in [0.2, 0.25) is 5.91 Å². The Balaban J connectivity index is 1.63. The fourth-order valence-electron chi connectivity index (χ4n) is 4.86. The smallest absolute Gasteiger partial charge is 0.222 e. The summed E-state index contributed by atoms with van der Waals surface area (Å²) in [6.45, 7) is 13.1. The molecule has 1 aromatic carbocycles. The zero-order valence-electron chi connectivity index (χ0n) is 20.4. The summed E-state index contributed by atoms with van der Waals surface area (Å²) in [4.78, 5) is 21.6. The van der Waals surface area contributed by atoms with Crippen LogP contribution in [0.1, 0.15) is 70.4 Å². The van der Waals surface area contributed by atoms with Crippen LogP contribution in [0.15, 0.2) is 29.3 Å². The van der Waals surface area contributed by atoms with Gasteiger partial charge in [0, 0.05) is 38.6 Å². The SMILES string of the molecule is CCNC(=NCc1ccccc1CN1CCCC1=O)NCC(C(C)C)N1CCCCCC1. The van der Waals surface area contributed by atoms with Gasteiger partial charge in [-0.15, -0.1) is 0 Å². The van der Waals surface area contributed by atoms with Gasteiger partial charge in [-0.25, -0.2) is 4.99 Å². The van der Waals surface area contributed by atoms with Crippen LogP contribution >= 0.6 is 0 Å². The van der Waals surface area contributed by atoms with E-state index in [1.807, 2.05) is 4.90 Å². The molecule has 2 saturated heterocycles. The molecule has 0 spiro atoms. The Hall–Kier alpha value is -2.08. The van der Waals surface area contributed by atoms with Crippen molar-refractivity contribution in [3.63, 3.8) is 0 Å². The summed E-state index contributed by atoms with van der Waals surface area (Å²) in [6.07, 6.45) is 7.01. The lowest BCUT2D eigenvalue weighted by Gasteiger charge is -2.34. The predicted octanol–water partition coefficient (Wildman–Crippen LogP) is 3.76. The van der Waals surface area contributed by atoms with E-state index in [2.05, 4.69) is 60.6 Å². The number of carbonyl (C=O) groups excluding carboxylic acids is 1. The fourth-order valence-corrected chi connectivity index (χ4v) is 4.86. The van der Waals surface area contributed by atoms with Crippen LogP contribution in [0.25, 0.3) is 0 Å². The third kappa shape index (κ3) is 7.22. The van der Waals surface area contributed by atoms with E-state index < -0.39 is 0 Å². The maximum absolute atomic E-state index is 12.1.